The zero-order valence-electron chi connectivity index (χ0n) is 13.8. The summed E-state index contributed by atoms with van der Waals surface area (Å²) in [5, 5.41) is 0.306. The summed E-state index contributed by atoms with van der Waals surface area (Å²) in [5.74, 6) is -0.993. The van der Waals surface area contributed by atoms with Crippen molar-refractivity contribution in [1.29, 1.82) is 0 Å². The zero-order valence-corrected chi connectivity index (χ0v) is 15.5. The van der Waals surface area contributed by atoms with Crippen molar-refractivity contribution in [3.8, 4) is 0 Å². The molecular formula is C16H20FO5PS. The van der Waals surface area contributed by atoms with Gasteiger partial charge in [-0.15, -0.1) is 11.3 Å². The number of carbonyl (C=O) groups excluding carboxylic acids is 1. The van der Waals surface area contributed by atoms with E-state index in [-0.39, 0.29) is 31.5 Å². The van der Waals surface area contributed by atoms with Gasteiger partial charge < -0.3 is 13.8 Å². The van der Waals surface area contributed by atoms with E-state index in [4.69, 9.17) is 13.8 Å². The van der Waals surface area contributed by atoms with Crippen molar-refractivity contribution in [1.82, 2.24) is 0 Å². The number of carbonyl (C=O) groups is 1. The second kappa shape index (κ2) is 8.21. The summed E-state index contributed by atoms with van der Waals surface area (Å²) in [6, 6.07) is 4.71. The maximum atomic E-state index is 14.8. The van der Waals surface area contributed by atoms with Gasteiger partial charge in [-0.25, -0.2) is 9.18 Å². The van der Waals surface area contributed by atoms with Crippen LogP contribution >= 0.6 is 18.9 Å². The molecule has 0 N–H and O–H groups in total. The van der Waals surface area contributed by atoms with Crippen molar-refractivity contribution in [3.05, 3.63) is 34.5 Å². The normalized spacial score (nSPS) is 11.8. The van der Waals surface area contributed by atoms with Crippen LogP contribution in [0.3, 0.4) is 0 Å². The van der Waals surface area contributed by atoms with Crippen molar-refractivity contribution < 1.29 is 27.5 Å². The van der Waals surface area contributed by atoms with Crippen LogP contribution in [-0.2, 0) is 24.5 Å². The van der Waals surface area contributed by atoms with Gasteiger partial charge in [0.05, 0.1) is 26.0 Å². The van der Waals surface area contributed by atoms with Gasteiger partial charge in [0, 0.05) is 15.6 Å². The molecule has 2 rings (SSSR count). The Kier molecular flexibility index (Phi) is 6.52. The second-order valence-corrected chi connectivity index (χ2v) is 8.02. The van der Waals surface area contributed by atoms with Gasteiger partial charge in [0.15, 0.2) is 0 Å². The standard InChI is InChI=1S/C16H20FO5PS/c1-4-20-16(18)14-9-12-13(24-14)8-7-11(15(12)17)10-23(19,21-5-2)22-6-3/h7-9H,4-6,10H2,1-3H3. The van der Waals surface area contributed by atoms with Gasteiger partial charge in [-0.2, -0.15) is 0 Å². The van der Waals surface area contributed by atoms with Crippen molar-refractivity contribution in [3.63, 3.8) is 0 Å². The fourth-order valence-corrected chi connectivity index (χ4v) is 4.93. The Morgan fingerprint density at radius 2 is 1.83 bits per heavy atom. The topological polar surface area (TPSA) is 61.8 Å². The van der Waals surface area contributed by atoms with E-state index in [1.807, 2.05) is 0 Å². The molecule has 1 heterocycles. The number of halogens is 1. The van der Waals surface area contributed by atoms with Gasteiger partial charge in [0.2, 0.25) is 0 Å². The Hall–Kier alpha value is -1.27. The van der Waals surface area contributed by atoms with Crippen LogP contribution in [0.1, 0.15) is 36.0 Å². The second-order valence-electron chi connectivity index (χ2n) is 4.89. The molecule has 24 heavy (non-hydrogen) atoms. The Labute approximate surface area is 144 Å². The minimum absolute atomic E-state index is 0.152. The molecule has 0 fully saturated rings. The highest BCUT2D eigenvalue weighted by atomic mass is 32.1. The van der Waals surface area contributed by atoms with E-state index in [0.717, 1.165) is 11.3 Å². The van der Waals surface area contributed by atoms with Crippen LogP contribution in [0, 0.1) is 5.82 Å². The van der Waals surface area contributed by atoms with Crippen LogP contribution in [-0.4, -0.2) is 25.8 Å². The molecule has 2 aromatic rings. The lowest BCUT2D eigenvalue weighted by atomic mass is 10.1. The van der Waals surface area contributed by atoms with Gasteiger partial charge in [-0.3, -0.25) is 4.57 Å². The predicted octanol–water partition coefficient (Wildman–Crippen LogP) is 4.98. The first-order valence-electron chi connectivity index (χ1n) is 7.70. The summed E-state index contributed by atoms with van der Waals surface area (Å²) < 4.78 is 43.3. The third-order valence-corrected chi connectivity index (χ3v) is 6.32. The smallest absolute Gasteiger partial charge is 0.348 e. The van der Waals surface area contributed by atoms with Gasteiger partial charge in [-0.05, 0) is 32.9 Å². The Morgan fingerprint density at radius 3 is 2.42 bits per heavy atom. The number of hydrogen-bond donors (Lipinski definition) is 0. The van der Waals surface area contributed by atoms with E-state index < -0.39 is 19.4 Å². The monoisotopic (exact) mass is 374 g/mol. The van der Waals surface area contributed by atoms with E-state index in [2.05, 4.69) is 0 Å². The number of benzene rings is 1. The Bertz CT molecular complexity index is 763. The summed E-state index contributed by atoms with van der Waals surface area (Å²) in [6.45, 7) is 5.81. The van der Waals surface area contributed by atoms with Gasteiger partial charge in [0.1, 0.15) is 10.7 Å². The predicted molar refractivity (Wildman–Crippen MR) is 92.3 cm³/mol. The lowest BCUT2D eigenvalue weighted by molar-refractivity contribution is 0.0532. The van der Waals surface area contributed by atoms with Crippen molar-refractivity contribution >= 4 is 35.0 Å². The molecule has 0 aliphatic rings. The lowest BCUT2D eigenvalue weighted by Gasteiger charge is -2.17. The van der Waals surface area contributed by atoms with E-state index >= 15 is 0 Å². The minimum Gasteiger partial charge on any atom is -0.462 e. The average Bonchev–Trinajstić information content (AvgIpc) is 2.96. The molecule has 0 unspecified atom stereocenters. The third-order valence-electron chi connectivity index (χ3n) is 3.21. The van der Waals surface area contributed by atoms with E-state index in [9.17, 15) is 13.8 Å². The fraction of sp³-hybridized carbons (Fsp3) is 0.438. The molecule has 0 saturated heterocycles. The molecule has 1 aromatic heterocycles. The van der Waals surface area contributed by atoms with Crippen LogP contribution in [0.15, 0.2) is 18.2 Å². The molecule has 0 aliphatic heterocycles. The highest BCUT2D eigenvalue weighted by molar-refractivity contribution is 7.53. The maximum Gasteiger partial charge on any atom is 0.348 e. The first-order chi connectivity index (χ1) is 11.4. The molecule has 0 radical (unpaired) electrons. The SMILES string of the molecule is CCOC(=O)c1cc2c(F)c(CP(=O)(OCC)OCC)ccc2s1. The Morgan fingerprint density at radius 1 is 1.17 bits per heavy atom. The van der Waals surface area contributed by atoms with Gasteiger partial charge in [-0.1, -0.05) is 6.07 Å². The number of fused-ring (bicyclic) bond motifs is 1. The molecule has 0 amide bonds. The maximum absolute atomic E-state index is 14.8. The first kappa shape index (κ1) is 19.1. The summed E-state index contributed by atoms with van der Waals surface area (Å²) in [7, 11) is -3.40. The number of hydrogen-bond acceptors (Lipinski definition) is 6. The molecule has 0 aliphatic carbocycles. The molecule has 0 saturated carbocycles. The average molecular weight is 374 g/mol. The molecule has 132 valence electrons. The van der Waals surface area contributed by atoms with E-state index in [0.29, 0.717) is 15.0 Å². The summed E-state index contributed by atoms with van der Waals surface area (Å²) in [4.78, 5) is 12.1. The van der Waals surface area contributed by atoms with Crippen molar-refractivity contribution in [2.75, 3.05) is 19.8 Å². The minimum atomic E-state index is -3.40. The van der Waals surface area contributed by atoms with Crippen LogP contribution in [0.25, 0.3) is 10.1 Å². The van der Waals surface area contributed by atoms with E-state index in [1.165, 1.54) is 6.07 Å². The van der Waals surface area contributed by atoms with E-state index in [1.54, 1.807) is 32.9 Å². The Balaban J connectivity index is 2.37. The number of ether oxygens (including phenoxy) is 1. The van der Waals surface area contributed by atoms with Crippen molar-refractivity contribution in [2.24, 2.45) is 0 Å². The summed E-state index contributed by atoms with van der Waals surface area (Å²) in [6.07, 6.45) is -0.152. The number of rotatable bonds is 8. The summed E-state index contributed by atoms with van der Waals surface area (Å²) >= 11 is 1.16. The molecule has 5 nitrogen and oxygen atoms in total. The molecule has 0 bridgehead atoms. The zero-order chi connectivity index (χ0) is 17.7. The van der Waals surface area contributed by atoms with Gasteiger partial charge in [0.25, 0.3) is 0 Å². The molecule has 8 heteroatoms. The van der Waals surface area contributed by atoms with Crippen LogP contribution in [0.2, 0.25) is 0 Å². The van der Waals surface area contributed by atoms with Crippen LogP contribution < -0.4 is 0 Å². The molecule has 0 atom stereocenters. The third kappa shape index (κ3) is 4.22. The lowest BCUT2D eigenvalue weighted by Crippen LogP contribution is -2.01. The van der Waals surface area contributed by atoms with Crippen LogP contribution in [0.5, 0.6) is 0 Å². The number of esters is 1. The first-order valence-corrected chi connectivity index (χ1v) is 10.2. The largest absolute Gasteiger partial charge is 0.462 e. The fourth-order valence-electron chi connectivity index (χ4n) is 2.28. The van der Waals surface area contributed by atoms with Crippen molar-refractivity contribution in [2.45, 2.75) is 26.9 Å². The molecular weight excluding hydrogens is 354 g/mol. The summed E-state index contributed by atoms with van der Waals surface area (Å²) in [5.41, 5.74) is 0.237. The molecule has 1 aromatic carbocycles. The quantitative estimate of drug-likeness (QED) is 0.481. The number of thiophene rings is 1. The van der Waals surface area contributed by atoms with Crippen LogP contribution in [0.4, 0.5) is 4.39 Å². The highest BCUT2D eigenvalue weighted by Crippen LogP contribution is 2.52. The highest BCUT2D eigenvalue weighted by Gasteiger charge is 2.27. The molecule has 0 spiro atoms. The van der Waals surface area contributed by atoms with Gasteiger partial charge >= 0.3 is 13.6 Å².